The van der Waals surface area contributed by atoms with E-state index in [2.05, 4.69) is 22.0 Å². The molecule has 1 aromatic carbocycles. The van der Waals surface area contributed by atoms with E-state index in [9.17, 15) is 15.0 Å². The predicted octanol–water partition coefficient (Wildman–Crippen LogP) is 2.12. The van der Waals surface area contributed by atoms with Gasteiger partial charge in [-0.05, 0) is 43.4 Å². The Morgan fingerprint density at radius 2 is 2.09 bits per heavy atom. The predicted molar refractivity (Wildman–Crippen MR) is 118 cm³/mol. The quantitative estimate of drug-likeness (QED) is 0.505. The first-order valence-corrected chi connectivity index (χ1v) is 10.8. The zero-order valence-corrected chi connectivity index (χ0v) is 18.3. The Balaban J connectivity index is 1.30. The van der Waals surface area contributed by atoms with Crippen LogP contribution < -0.4 is 0 Å². The number of ether oxygens (including phenoxy) is 1. The highest BCUT2D eigenvalue weighted by atomic mass is 16.6. The van der Waals surface area contributed by atoms with Crippen LogP contribution in [0.5, 0.6) is 0 Å². The smallest absolute Gasteiger partial charge is 0.410 e. The monoisotopic (exact) mass is 450 g/mol. The number of aromatic nitrogens is 3. The number of aryl methyl sites for hydroxylation is 1. The van der Waals surface area contributed by atoms with E-state index in [1.807, 2.05) is 28.8 Å². The molecular formula is C24H26N4O5. The van der Waals surface area contributed by atoms with Gasteiger partial charge in [-0.15, -0.1) is 0 Å². The van der Waals surface area contributed by atoms with Gasteiger partial charge in [0.05, 0.1) is 19.2 Å². The third-order valence-corrected chi connectivity index (χ3v) is 5.45. The molecule has 0 spiro atoms. The molecule has 9 nitrogen and oxygen atoms in total. The number of hydrogen-bond donors (Lipinski definition) is 2. The van der Waals surface area contributed by atoms with E-state index in [4.69, 9.17) is 9.26 Å². The van der Waals surface area contributed by atoms with Crippen LogP contribution in [0.4, 0.5) is 4.79 Å². The Morgan fingerprint density at radius 1 is 1.27 bits per heavy atom. The number of imidazole rings is 1. The van der Waals surface area contributed by atoms with Crippen molar-refractivity contribution in [3.05, 3.63) is 71.1 Å². The van der Waals surface area contributed by atoms with Crippen LogP contribution >= 0.6 is 0 Å². The number of carbonyl (C=O) groups is 1. The second-order valence-corrected chi connectivity index (χ2v) is 7.93. The normalized spacial score (nSPS) is 16.4. The number of aliphatic hydroxyl groups is 2. The molecule has 2 unspecified atom stereocenters. The highest BCUT2D eigenvalue weighted by molar-refractivity contribution is 5.70. The molecule has 2 atom stereocenters. The standard InChI is InChI=1S/C24H26N4O5/c1-17(30)23-25-10-12-27(23)14-20-13-22(33-26-20)9-8-19-6-4-18(5-7-19)3-2-11-28-21(15-29)16-32-24(28)31/h4-7,10,12-13,17,21,29-30H,2-3,11,14-16H2,1H3. The first-order chi connectivity index (χ1) is 16.0. The van der Waals surface area contributed by atoms with Gasteiger partial charge < -0.3 is 24.0 Å². The lowest BCUT2D eigenvalue weighted by atomic mass is 10.1. The first kappa shape index (κ1) is 22.6. The van der Waals surface area contributed by atoms with E-state index >= 15 is 0 Å². The third kappa shape index (κ3) is 5.61. The van der Waals surface area contributed by atoms with Crippen molar-refractivity contribution >= 4 is 6.09 Å². The Morgan fingerprint density at radius 3 is 2.85 bits per heavy atom. The van der Waals surface area contributed by atoms with Crippen molar-refractivity contribution < 1.29 is 24.3 Å². The fraction of sp³-hybridized carbons (Fsp3) is 0.375. The second kappa shape index (κ2) is 10.3. The molecule has 1 saturated heterocycles. The summed E-state index contributed by atoms with van der Waals surface area (Å²) >= 11 is 0. The summed E-state index contributed by atoms with van der Waals surface area (Å²) in [5.41, 5.74) is 2.69. The molecule has 2 aromatic heterocycles. The Kier molecular flexibility index (Phi) is 7.07. The molecule has 0 saturated carbocycles. The van der Waals surface area contributed by atoms with Gasteiger partial charge in [-0.1, -0.05) is 23.2 Å². The fourth-order valence-corrected chi connectivity index (χ4v) is 3.70. The fourth-order valence-electron chi connectivity index (χ4n) is 3.70. The van der Waals surface area contributed by atoms with E-state index in [0.717, 1.165) is 24.0 Å². The third-order valence-electron chi connectivity index (χ3n) is 5.45. The van der Waals surface area contributed by atoms with E-state index in [0.29, 0.717) is 30.4 Å². The molecule has 1 aliphatic rings. The number of rotatable bonds is 8. The molecule has 1 fully saturated rings. The highest BCUT2D eigenvalue weighted by Crippen LogP contribution is 2.15. The van der Waals surface area contributed by atoms with Crippen LogP contribution in [0.2, 0.25) is 0 Å². The largest absolute Gasteiger partial charge is 0.447 e. The summed E-state index contributed by atoms with van der Waals surface area (Å²) in [4.78, 5) is 17.4. The van der Waals surface area contributed by atoms with Gasteiger partial charge >= 0.3 is 6.09 Å². The molecule has 1 amide bonds. The molecule has 1 aliphatic heterocycles. The molecule has 4 rings (SSSR count). The summed E-state index contributed by atoms with van der Waals surface area (Å²) in [6, 6.07) is 9.45. The summed E-state index contributed by atoms with van der Waals surface area (Å²) in [7, 11) is 0. The number of benzene rings is 1. The lowest BCUT2D eigenvalue weighted by Crippen LogP contribution is -2.36. The van der Waals surface area contributed by atoms with Crippen LogP contribution in [0.15, 0.2) is 47.2 Å². The van der Waals surface area contributed by atoms with Gasteiger partial charge in [0.25, 0.3) is 0 Å². The number of nitrogens with zero attached hydrogens (tertiary/aromatic N) is 4. The van der Waals surface area contributed by atoms with Crippen LogP contribution in [0.25, 0.3) is 0 Å². The van der Waals surface area contributed by atoms with Crippen molar-refractivity contribution in [3.63, 3.8) is 0 Å². The van der Waals surface area contributed by atoms with E-state index < -0.39 is 6.10 Å². The summed E-state index contributed by atoms with van der Waals surface area (Å²) < 4.78 is 12.1. The van der Waals surface area contributed by atoms with Gasteiger partial charge in [-0.25, -0.2) is 9.78 Å². The molecule has 3 aromatic rings. The molecule has 9 heteroatoms. The van der Waals surface area contributed by atoms with E-state index in [1.54, 1.807) is 30.3 Å². The minimum absolute atomic E-state index is 0.0851. The average molecular weight is 450 g/mol. The highest BCUT2D eigenvalue weighted by Gasteiger charge is 2.31. The Bertz CT molecular complexity index is 1140. The summed E-state index contributed by atoms with van der Waals surface area (Å²) in [6.45, 7) is 2.82. The van der Waals surface area contributed by atoms with Gasteiger partial charge in [-0.2, -0.15) is 0 Å². The maximum atomic E-state index is 11.7. The van der Waals surface area contributed by atoms with Crippen molar-refractivity contribution in [2.75, 3.05) is 19.8 Å². The molecule has 3 heterocycles. The lowest BCUT2D eigenvalue weighted by Gasteiger charge is -2.19. The molecule has 0 radical (unpaired) electrons. The maximum Gasteiger partial charge on any atom is 0.410 e. The molecule has 172 valence electrons. The van der Waals surface area contributed by atoms with E-state index in [1.165, 1.54) is 0 Å². The molecular weight excluding hydrogens is 424 g/mol. The van der Waals surface area contributed by atoms with Crippen LogP contribution in [-0.4, -0.2) is 61.7 Å². The second-order valence-electron chi connectivity index (χ2n) is 7.93. The zero-order valence-electron chi connectivity index (χ0n) is 18.3. The molecule has 0 bridgehead atoms. The Labute approximate surface area is 191 Å². The lowest BCUT2D eigenvalue weighted by molar-refractivity contribution is 0.153. The minimum Gasteiger partial charge on any atom is -0.447 e. The van der Waals surface area contributed by atoms with Crippen molar-refractivity contribution in [2.24, 2.45) is 0 Å². The number of aliphatic hydroxyl groups excluding tert-OH is 2. The van der Waals surface area contributed by atoms with Gasteiger partial charge in [0.2, 0.25) is 5.76 Å². The van der Waals surface area contributed by atoms with Crippen molar-refractivity contribution in [3.8, 4) is 11.8 Å². The van der Waals surface area contributed by atoms with Crippen molar-refractivity contribution in [1.82, 2.24) is 19.6 Å². The number of hydrogen-bond acceptors (Lipinski definition) is 7. The number of carbonyl (C=O) groups excluding carboxylic acids is 1. The zero-order chi connectivity index (χ0) is 23.2. The molecule has 33 heavy (non-hydrogen) atoms. The summed E-state index contributed by atoms with van der Waals surface area (Å²) in [5.74, 6) is 7.08. The summed E-state index contributed by atoms with van der Waals surface area (Å²) in [5, 5.41) is 23.1. The number of cyclic esters (lactones) is 1. The van der Waals surface area contributed by atoms with Gasteiger partial charge in [0.15, 0.2) is 0 Å². The topological polar surface area (TPSA) is 114 Å². The van der Waals surface area contributed by atoms with Crippen LogP contribution in [0.1, 0.15) is 47.9 Å². The van der Waals surface area contributed by atoms with Crippen LogP contribution in [0.3, 0.4) is 0 Å². The average Bonchev–Trinajstić information content (AvgIpc) is 3.54. The minimum atomic E-state index is -0.664. The summed E-state index contributed by atoms with van der Waals surface area (Å²) in [6.07, 6.45) is 3.99. The van der Waals surface area contributed by atoms with Crippen molar-refractivity contribution in [2.45, 2.75) is 38.5 Å². The SMILES string of the molecule is CC(O)c1nccn1Cc1cc(C#Cc2ccc(CCCN3C(=O)OCC3CO)cc2)on1. The number of amides is 1. The van der Waals surface area contributed by atoms with Crippen molar-refractivity contribution in [1.29, 1.82) is 0 Å². The maximum absolute atomic E-state index is 11.7. The van der Waals surface area contributed by atoms with Gasteiger partial charge in [-0.3, -0.25) is 4.90 Å². The van der Waals surface area contributed by atoms with Gasteiger partial charge in [0.1, 0.15) is 24.2 Å². The molecule has 0 aliphatic carbocycles. The van der Waals surface area contributed by atoms with Crippen LogP contribution in [-0.2, 0) is 17.7 Å². The Hall–Kier alpha value is -3.61. The first-order valence-electron chi connectivity index (χ1n) is 10.8. The van der Waals surface area contributed by atoms with Crippen LogP contribution in [0, 0.1) is 11.8 Å². The molecule has 2 N–H and O–H groups in total. The van der Waals surface area contributed by atoms with Gasteiger partial charge in [0, 0.05) is 30.6 Å². The van der Waals surface area contributed by atoms with E-state index in [-0.39, 0.29) is 25.3 Å².